The van der Waals surface area contributed by atoms with Crippen molar-refractivity contribution in [2.24, 2.45) is 5.73 Å². The van der Waals surface area contributed by atoms with E-state index in [0.29, 0.717) is 0 Å². The van der Waals surface area contributed by atoms with Crippen molar-refractivity contribution in [1.29, 1.82) is 0 Å². The highest BCUT2D eigenvalue weighted by atomic mass is 16.5. The van der Waals surface area contributed by atoms with E-state index in [9.17, 15) is 4.79 Å². The van der Waals surface area contributed by atoms with Crippen LogP contribution in [0.4, 0.5) is 0 Å². The first kappa shape index (κ1) is 12.9. The number of hydrogen-bond acceptors (Lipinski definition) is 4. The Balaban J connectivity index is 1.92. The molecular weight excluding hydrogens is 230 g/mol. The summed E-state index contributed by atoms with van der Waals surface area (Å²) in [5, 5.41) is 0. The van der Waals surface area contributed by atoms with Crippen LogP contribution in [0.15, 0.2) is 24.3 Å². The number of hydrogen-bond donors (Lipinski definition) is 1. The molecule has 0 saturated heterocycles. The zero-order valence-electron chi connectivity index (χ0n) is 10.6. The molecule has 0 spiro atoms. The van der Waals surface area contributed by atoms with Crippen molar-refractivity contribution in [2.45, 2.75) is 37.8 Å². The molecule has 1 aromatic rings. The predicted octanol–water partition coefficient (Wildman–Crippen LogP) is 2.01. The largest absolute Gasteiger partial charge is 0.497 e. The fourth-order valence-corrected chi connectivity index (χ4v) is 2.26. The predicted molar refractivity (Wildman–Crippen MR) is 68.2 cm³/mol. The van der Waals surface area contributed by atoms with Crippen LogP contribution < -0.4 is 10.5 Å². The Morgan fingerprint density at radius 2 is 2.11 bits per heavy atom. The Morgan fingerprint density at radius 1 is 1.39 bits per heavy atom. The summed E-state index contributed by atoms with van der Waals surface area (Å²) in [6, 6.07) is 7.47. The highest BCUT2D eigenvalue weighted by Gasteiger charge is 2.38. The van der Waals surface area contributed by atoms with E-state index in [1.165, 1.54) is 0 Å². The number of ether oxygens (including phenoxy) is 2. The van der Waals surface area contributed by atoms with E-state index in [0.717, 1.165) is 37.0 Å². The van der Waals surface area contributed by atoms with E-state index in [-0.39, 0.29) is 12.6 Å². The monoisotopic (exact) mass is 249 g/mol. The average Bonchev–Trinajstić information content (AvgIpc) is 2.84. The van der Waals surface area contributed by atoms with Crippen molar-refractivity contribution in [2.75, 3.05) is 7.11 Å². The van der Waals surface area contributed by atoms with Crippen LogP contribution in [0.1, 0.15) is 31.2 Å². The quantitative estimate of drug-likeness (QED) is 0.829. The standard InChI is InChI=1S/C14H19NO3/c1-17-12-6-4-5-11(9-12)10-18-13(16)14(15)7-2-3-8-14/h4-6,9H,2-3,7-8,10,15H2,1H3. The molecule has 1 aliphatic rings. The molecule has 0 amide bonds. The van der Waals surface area contributed by atoms with Crippen molar-refractivity contribution >= 4 is 5.97 Å². The molecule has 1 aliphatic carbocycles. The number of methoxy groups -OCH3 is 1. The van der Waals surface area contributed by atoms with Crippen LogP contribution >= 0.6 is 0 Å². The van der Waals surface area contributed by atoms with Gasteiger partial charge in [-0.05, 0) is 30.5 Å². The summed E-state index contributed by atoms with van der Waals surface area (Å²) in [4.78, 5) is 11.9. The minimum Gasteiger partial charge on any atom is -0.497 e. The normalized spacial score (nSPS) is 17.4. The highest BCUT2D eigenvalue weighted by molar-refractivity contribution is 5.80. The van der Waals surface area contributed by atoms with Crippen LogP contribution in [0.3, 0.4) is 0 Å². The number of rotatable bonds is 4. The molecule has 1 fully saturated rings. The second kappa shape index (κ2) is 5.40. The molecule has 2 N–H and O–H groups in total. The lowest BCUT2D eigenvalue weighted by Gasteiger charge is -2.21. The van der Waals surface area contributed by atoms with Crippen molar-refractivity contribution in [3.05, 3.63) is 29.8 Å². The van der Waals surface area contributed by atoms with Gasteiger partial charge in [0.2, 0.25) is 0 Å². The summed E-state index contributed by atoms with van der Waals surface area (Å²) in [6.45, 7) is 0.245. The Labute approximate surface area is 107 Å². The topological polar surface area (TPSA) is 61.5 Å². The summed E-state index contributed by atoms with van der Waals surface area (Å²) in [6.07, 6.45) is 3.46. The van der Waals surface area contributed by atoms with Gasteiger partial charge < -0.3 is 15.2 Å². The molecule has 0 unspecified atom stereocenters. The maximum atomic E-state index is 11.9. The van der Waals surface area contributed by atoms with Gasteiger partial charge in [-0.25, -0.2) is 0 Å². The third-order valence-corrected chi connectivity index (χ3v) is 3.41. The molecule has 0 aliphatic heterocycles. The van der Waals surface area contributed by atoms with Crippen LogP contribution in [0.2, 0.25) is 0 Å². The molecule has 18 heavy (non-hydrogen) atoms. The van der Waals surface area contributed by atoms with E-state index in [1.807, 2.05) is 24.3 Å². The second-order valence-corrected chi connectivity index (χ2v) is 4.79. The van der Waals surface area contributed by atoms with E-state index in [4.69, 9.17) is 15.2 Å². The zero-order chi connectivity index (χ0) is 13.0. The van der Waals surface area contributed by atoms with Crippen LogP contribution in [-0.2, 0) is 16.1 Å². The Morgan fingerprint density at radius 3 is 2.78 bits per heavy atom. The third kappa shape index (κ3) is 2.82. The van der Waals surface area contributed by atoms with Crippen molar-refractivity contribution < 1.29 is 14.3 Å². The number of esters is 1. The van der Waals surface area contributed by atoms with Gasteiger partial charge in [0.25, 0.3) is 0 Å². The first-order valence-electron chi connectivity index (χ1n) is 6.23. The number of nitrogens with two attached hydrogens (primary N) is 1. The van der Waals surface area contributed by atoms with Gasteiger partial charge in [0, 0.05) is 0 Å². The molecule has 1 aromatic carbocycles. The number of carbonyl (C=O) groups excluding carboxylic acids is 1. The number of benzene rings is 1. The fraction of sp³-hybridized carbons (Fsp3) is 0.500. The smallest absolute Gasteiger partial charge is 0.326 e. The van der Waals surface area contributed by atoms with E-state index in [1.54, 1.807) is 7.11 Å². The maximum absolute atomic E-state index is 11.9. The van der Waals surface area contributed by atoms with Crippen LogP contribution in [0, 0.1) is 0 Å². The van der Waals surface area contributed by atoms with Gasteiger partial charge in [0.15, 0.2) is 0 Å². The molecule has 0 radical (unpaired) electrons. The second-order valence-electron chi connectivity index (χ2n) is 4.79. The van der Waals surface area contributed by atoms with Gasteiger partial charge in [-0.2, -0.15) is 0 Å². The fourth-order valence-electron chi connectivity index (χ4n) is 2.26. The third-order valence-electron chi connectivity index (χ3n) is 3.41. The average molecular weight is 249 g/mol. The van der Waals surface area contributed by atoms with Gasteiger partial charge in [0.1, 0.15) is 17.9 Å². The summed E-state index contributed by atoms with van der Waals surface area (Å²) in [5.74, 6) is 0.467. The molecule has 0 atom stereocenters. The minimum atomic E-state index is -0.765. The van der Waals surface area contributed by atoms with Crippen LogP contribution in [-0.4, -0.2) is 18.6 Å². The van der Waals surface area contributed by atoms with E-state index < -0.39 is 5.54 Å². The SMILES string of the molecule is COc1cccc(COC(=O)C2(N)CCCC2)c1. The Hall–Kier alpha value is -1.55. The zero-order valence-corrected chi connectivity index (χ0v) is 10.6. The van der Waals surface area contributed by atoms with E-state index in [2.05, 4.69) is 0 Å². The van der Waals surface area contributed by atoms with Gasteiger partial charge >= 0.3 is 5.97 Å². The summed E-state index contributed by atoms with van der Waals surface area (Å²) in [5.41, 5.74) is 6.17. The molecule has 1 saturated carbocycles. The van der Waals surface area contributed by atoms with Crippen LogP contribution in [0.25, 0.3) is 0 Å². The molecule has 2 rings (SSSR count). The van der Waals surface area contributed by atoms with Gasteiger partial charge in [0.05, 0.1) is 7.11 Å². The molecule has 4 heteroatoms. The summed E-state index contributed by atoms with van der Waals surface area (Å²) < 4.78 is 10.4. The van der Waals surface area contributed by atoms with Crippen molar-refractivity contribution in [1.82, 2.24) is 0 Å². The summed E-state index contributed by atoms with van der Waals surface area (Å²) >= 11 is 0. The lowest BCUT2D eigenvalue weighted by Crippen LogP contribution is -2.46. The molecular formula is C14H19NO3. The maximum Gasteiger partial charge on any atom is 0.326 e. The first-order valence-corrected chi connectivity index (χ1v) is 6.23. The minimum absolute atomic E-state index is 0.245. The van der Waals surface area contributed by atoms with Gasteiger partial charge in [-0.15, -0.1) is 0 Å². The molecule has 0 bridgehead atoms. The lowest BCUT2D eigenvalue weighted by molar-refractivity contribution is -0.151. The Kier molecular flexibility index (Phi) is 3.87. The first-order chi connectivity index (χ1) is 8.64. The lowest BCUT2D eigenvalue weighted by atomic mass is 10.00. The number of carbonyl (C=O) groups is 1. The Bertz CT molecular complexity index is 425. The van der Waals surface area contributed by atoms with Crippen molar-refractivity contribution in [3.63, 3.8) is 0 Å². The summed E-state index contributed by atoms with van der Waals surface area (Å²) in [7, 11) is 1.61. The van der Waals surface area contributed by atoms with Gasteiger partial charge in [-0.3, -0.25) is 4.79 Å². The molecule has 98 valence electrons. The highest BCUT2D eigenvalue weighted by Crippen LogP contribution is 2.28. The molecule has 0 aromatic heterocycles. The molecule has 0 heterocycles. The van der Waals surface area contributed by atoms with Crippen LogP contribution in [0.5, 0.6) is 5.75 Å². The van der Waals surface area contributed by atoms with Crippen molar-refractivity contribution in [3.8, 4) is 5.75 Å². The van der Waals surface area contributed by atoms with Gasteiger partial charge in [-0.1, -0.05) is 25.0 Å². The van der Waals surface area contributed by atoms with E-state index >= 15 is 0 Å². The molecule has 4 nitrogen and oxygen atoms in total.